The van der Waals surface area contributed by atoms with Gasteiger partial charge in [-0.3, -0.25) is 14.3 Å². The lowest BCUT2D eigenvalue weighted by Gasteiger charge is -2.07. The zero-order valence-corrected chi connectivity index (χ0v) is 14.1. The minimum Gasteiger partial charge on any atom is -0.481 e. The number of nitrogens with one attached hydrogen (secondary N) is 1. The van der Waals surface area contributed by atoms with Crippen molar-refractivity contribution in [2.24, 2.45) is 5.14 Å². The van der Waals surface area contributed by atoms with Gasteiger partial charge in [-0.05, 0) is 24.1 Å². The van der Waals surface area contributed by atoms with Gasteiger partial charge in [0.25, 0.3) is 0 Å². The first kappa shape index (κ1) is 18.6. The van der Waals surface area contributed by atoms with Crippen LogP contribution >= 0.6 is 0 Å². The van der Waals surface area contributed by atoms with Crippen LogP contribution in [0.4, 0.5) is 5.69 Å². The Morgan fingerprint density at radius 1 is 1.28 bits per heavy atom. The average molecular weight is 366 g/mol. The topological polar surface area (TPSA) is 144 Å². The van der Waals surface area contributed by atoms with E-state index in [1.807, 2.05) is 0 Å². The molecule has 0 fully saturated rings. The van der Waals surface area contributed by atoms with E-state index in [9.17, 15) is 18.0 Å². The van der Waals surface area contributed by atoms with Crippen molar-refractivity contribution in [1.82, 2.24) is 9.78 Å². The number of primary sulfonamides is 1. The van der Waals surface area contributed by atoms with Gasteiger partial charge in [-0.1, -0.05) is 12.1 Å². The fourth-order valence-corrected chi connectivity index (χ4v) is 2.57. The van der Waals surface area contributed by atoms with Gasteiger partial charge in [-0.25, -0.2) is 13.6 Å². The zero-order chi connectivity index (χ0) is 18.4. The molecule has 4 N–H and O–H groups in total. The molecule has 0 saturated carbocycles. The highest BCUT2D eigenvalue weighted by atomic mass is 32.2. The SMILES string of the molecule is NS(=O)(=O)c1cnn(CCC(=O)Nc2cccc(CCC(=O)O)c2)c1. The fourth-order valence-electron chi connectivity index (χ4n) is 2.11. The Morgan fingerprint density at radius 2 is 2.04 bits per heavy atom. The summed E-state index contributed by atoms with van der Waals surface area (Å²) < 4.78 is 23.6. The summed E-state index contributed by atoms with van der Waals surface area (Å²) in [5.41, 5.74) is 1.38. The molecule has 1 heterocycles. The third kappa shape index (κ3) is 6.01. The summed E-state index contributed by atoms with van der Waals surface area (Å²) >= 11 is 0. The number of sulfonamides is 1. The van der Waals surface area contributed by atoms with Crippen LogP contribution in [0.5, 0.6) is 0 Å². The monoisotopic (exact) mass is 366 g/mol. The smallest absolute Gasteiger partial charge is 0.303 e. The van der Waals surface area contributed by atoms with Crippen LogP contribution in [-0.2, 0) is 32.6 Å². The highest BCUT2D eigenvalue weighted by Gasteiger charge is 2.11. The molecule has 25 heavy (non-hydrogen) atoms. The number of amides is 1. The number of nitrogens with two attached hydrogens (primary N) is 1. The van der Waals surface area contributed by atoms with E-state index in [1.54, 1.807) is 24.3 Å². The molecule has 134 valence electrons. The van der Waals surface area contributed by atoms with Crippen LogP contribution in [0.3, 0.4) is 0 Å². The van der Waals surface area contributed by atoms with Crippen molar-refractivity contribution in [3.63, 3.8) is 0 Å². The van der Waals surface area contributed by atoms with Crippen LogP contribution in [-0.4, -0.2) is 35.2 Å². The van der Waals surface area contributed by atoms with E-state index in [0.717, 1.165) is 11.8 Å². The van der Waals surface area contributed by atoms with Gasteiger partial charge in [-0.2, -0.15) is 5.10 Å². The first-order chi connectivity index (χ1) is 11.7. The van der Waals surface area contributed by atoms with Crippen LogP contribution in [0.1, 0.15) is 18.4 Å². The van der Waals surface area contributed by atoms with Gasteiger partial charge < -0.3 is 10.4 Å². The molecule has 0 saturated heterocycles. The lowest BCUT2D eigenvalue weighted by Crippen LogP contribution is -2.15. The second kappa shape index (κ2) is 7.90. The molecule has 0 aliphatic carbocycles. The fraction of sp³-hybridized carbons (Fsp3) is 0.267. The third-order valence-corrected chi connectivity index (χ3v) is 4.21. The van der Waals surface area contributed by atoms with Gasteiger partial charge in [0.05, 0.1) is 6.20 Å². The molecule has 1 amide bonds. The molecule has 0 radical (unpaired) electrons. The molecular weight excluding hydrogens is 348 g/mol. The van der Waals surface area contributed by atoms with Crippen LogP contribution in [0.2, 0.25) is 0 Å². The normalized spacial score (nSPS) is 11.2. The summed E-state index contributed by atoms with van der Waals surface area (Å²) in [7, 11) is -3.81. The first-order valence-corrected chi connectivity index (χ1v) is 8.94. The molecule has 1 aromatic carbocycles. The Kier molecular flexibility index (Phi) is 5.88. The number of anilines is 1. The zero-order valence-electron chi connectivity index (χ0n) is 13.3. The number of rotatable bonds is 8. The molecule has 2 rings (SSSR count). The Morgan fingerprint density at radius 3 is 2.68 bits per heavy atom. The number of hydrogen-bond donors (Lipinski definition) is 3. The Labute approximate surface area is 144 Å². The van der Waals surface area contributed by atoms with Crippen molar-refractivity contribution in [1.29, 1.82) is 0 Å². The second-order valence-corrected chi connectivity index (χ2v) is 6.94. The highest BCUT2D eigenvalue weighted by molar-refractivity contribution is 7.89. The van der Waals surface area contributed by atoms with Crippen molar-refractivity contribution in [2.75, 3.05) is 5.32 Å². The van der Waals surface area contributed by atoms with Crippen molar-refractivity contribution < 1.29 is 23.1 Å². The molecule has 0 aliphatic heterocycles. The highest BCUT2D eigenvalue weighted by Crippen LogP contribution is 2.13. The van der Waals surface area contributed by atoms with Gasteiger partial charge in [-0.15, -0.1) is 0 Å². The van der Waals surface area contributed by atoms with E-state index in [1.165, 1.54) is 10.9 Å². The number of benzene rings is 1. The number of carbonyl (C=O) groups excluding carboxylic acids is 1. The van der Waals surface area contributed by atoms with Crippen molar-refractivity contribution in [2.45, 2.75) is 30.7 Å². The molecule has 0 bridgehead atoms. The van der Waals surface area contributed by atoms with Crippen LogP contribution in [0, 0.1) is 0 Å². The van der Waals surface area contributed by atoms with Crippen LogP contribution in [0.25, 0.3) is 0 Å². The van der Waals surface area contributed by atoms with E-state index in [0.29, 0.717) is 12.1 Å². The average Bonchev–Trinajstić information content (AvgIpc) is 3.00. The molecule has 0 spiro atoms. The maximum Gasteiger partial charge on any atom is 0.303 e. The lowest BCUT2D eigenvalue weighted by atomic mass is 10.1. The predicted octanol–water partition coefficient (Wildman–Crippen LogP) is 0.577. The molecule has 9 nitrogen and oxygen atoms in total. The van der Waals surface area contributed by atoms with Gasteiger partial charge in [0, 0.05) is 31.3 Å². The van der Waals surface area contributed by atoms with E-state index in [2.05, 4.69) is 10.4 Å². The van der Waals surface area contributed by atoms with Crippen LogP contribution in [0.15, 0.2) is 41.6 Å². The Bertz CT molecular complexity index is 876. The van der Waals surface area contributed by atoms with E-state index in [-0.39, 0.29) is 30.2 Å². The Balaban J connectivity index is 1.89. The quantitative estimate of drug-likeness (QED) is 0.623. The number of nitrogens with zero attached hydrogens (tertiary/aromatic N) is 2. The van der Waals surface area contributed by atoms with E-state index in [4.69, 9.17) is 10.2 Å². The predicted molar refractivity (Wildman–Crippen MR) is 89.2 cm³/mol. The number of aromatic nitrogens is 2. The van der Waals surface area contributed by atoms with Gasteiger partial charge in [0.15, 0.2) is 0 Å². The molecule has 1 aromatic heterocycles. The molecule has 0 aliphatic rings. The second-order valence-electron chi connectivity index (χ2n) is 5.38. The summed E-state index contributed by atoms with van der Waals surface area (Å²) in [6.07, 6.45) is 2.87. The first-order valence-electron chi connectivity index (χ1n) is 7.40. The number of carboxylic acids is 1. The number of carboxylic acid groups (broad SMARTS) is 1. The molecule has 0 atom stereocenters. The molecule has 10 heteroatoms. The summed E-state index contributed by atoms with van der Waals surface area (Å²) in [5.74, 6) is -1.16. The lowest BCUT2D eigenvalue weighted by molar-refractivity contribution is -0.137. The molecule has 0 unspecified atom stereocenters. The summed E-state index contributed by atoms with van der Waals surface area (Å²) in [6.45, 7) is 0.195. The maximum atomic E-state index is 12.0. The number of aryl methyl sites for hydroxylation is 2. The van der Waals surface area contributed by atoms with Crippen LogP contribution < -0.4 is 10.5 Å². The molecular formula is C15H18N4O5S. The van der Waals surface area contributed by atoms with E-state index >= 15 is 0 Å². The van der Waals surface area contributed by atoms with Crippen molar-refractivity contribution >= 4 is 27.6 Å². The maximum absolute atomic E-state index is 12.0. The van der Waals surface area contributed by atoms with Gasteiger partial charge in [0.1, 0.15) is 4.90 Å². The molecule has 2 aromatic rings. The van der Waals surface area contributed by atoms with Crippen molar-refractivity contribution in [3.8, 4) is 0 Å². The van der Waals surface area contributed by atoms with E-state index < -0.39 is 16.0 Å². The standard InChI is InChI=1S/C15H18N4O5S/c16-25(23,24)13-9-17-19(10-13)7-6-14(20)18-12-3-1-2-11(8-12)4-5-15(21)22/h1-3,8-10H,4-7H2,(H,18,20)(H,21,22)(H2,16,23,24). The largest absolute Gasteiger partial charge is 0.481 e. The minimum atomic E-state index is -3.81. The van der Waals surface area contributed by atoms with Gasteiger partial charge >= 0.3 is 5.97 Å². The van der Waals surface area contributed by atoms with Gasteiger partial charge in [0.2, 0.25) is 15.9 Å². The number of aliphatic carboxylic acids is 1. The minimum absolute atomic E-state index is 0.0169. The van der Waals surface area contributed by atoms with Crippen molar-refractivity contribution in [3.05, 3.63) is 42.2 Å². The number of carbonyl (C=O) groups is 2. The Hall–Kier alpha value is -2.72. The third-order valence-electron chi connectivity index (χ3n) is 3.34. The summed E-state index contributed by atoms with van der Waals surface area (Å²) in [4.78, 5) is 22.5. The number of hydrogen-bond acceptors (Lipinski definition) is 5. The summed E-state index contributed by atoms with van der Waals surface area (Å²) in [6, 6.07) is 6.94. The summed E-state index contributed by atoms with van der Waals surface area (Å²) in [5, 5.41) is 20.2.